The molecule has 1 aliphatic heterocycles. The minimum absolute atomic E-state index is 0.176. The number of piperazine rings is 1. The third kappa shape index (κ3) is 4.99. The quantitative estimate of drug-likeness (QED) is 0.619. The van der Waals surface area contributed by atoms with Crippen LogP contribution in [-0.4, -0.2) is 48.3 Å². The predicted octanol–water partition coefficient (Wildman–Crippen LogP) is 4.08. The van der Waals surface area contributed by atoms with Gasteiger partial charge >= 0.3 is 6.09 Å². The highest BCUT2D eigenvalue weighted by Crippen LogP contribution is 2.40. The number of fused-ring (bicyclic) bond motifs is 1. The molecule has 2 fully saturated rings. The highest BCUT2D eigenvalue weighted by Gasteiger charge is 2.29. The monoisotopic (exact) mass is 421 g/mol. The largest absolute Gasteiger partial charge is 0.493 e. The maximum Gasteiger partial charge on any atom is 0.410 e. The molecule has 0 radical (unpaired) electrons. The van der Waals surface area contributed by atoms with Crippen LogP contribution in [0.1, 0.15) is 36.6 Å². The van der Waals surface area contributed by atoms with Gasteiger partial charge in [-0.05, 0) is 37.0 Å². The van der Waals surface area contributed by atoms with Gasteiger partial charge in [0.15, 0.2) is 11.5 Å². The van der Waals surface area contributed by atoms with Crippen LogP contribution in [0.5, 0.6) is 5.75 Å². The summed E-state index contributed by atoms with van der Waals surface area (Å²) in [5.41, 5.74) is 2.65. The van der Waals surface area contributed by atoms with Crippen molar-refractivity contribution in [3.8, 4) is 5.75 Å². The number of benzene rings is 2. The van der Waals surface area contributed by atoms with Crippen LogP contribution in [0.3, 0.4) is 0 Å². The molecule has 0 spiro atoms. The van der Waals surface area contributed by atoms with Gasteiger partial charge in [-0.25, -0.2) is 9.78 Å². The van der Waals surface area contributed by atoms with Crippen LogP contribution in [-0.2, 0) is 11.3 Å². The standard InChI is InChI=1S/C24H27N3O4/c28-24(30-16-17-4-2-1-3-5-17)27-12-11-25-19(15-27)10-13-29-20-8-9-22-21(14-20)26-23(31-22)18-6-7-18/h1-5,8-9,14,18-19,25H,6-7,10-13,15-16H2/t19-/m1/s1. The summed E-state index contributed by atoms with van der Waals surface area (Å²) in [4.78, 5) is 18.8. The van der Waals surface area contributed by atoms with E-state index in [1.165, 1.54) is 12.8 Å². The second kappa shape index (κ2) is 8.98. The van der Waals surface area contributed by atoms with Gasteiger partial charge in [-0.15, -0.1) is 0 Å². The van der Waals surface area contributed by atoms with Crippen LogP contribution in [0.15, 0.2) is 52.9 Å². The summed E-state index contributed by atoms with van der Waals surface area (Å²) < 4.78 is 17.2. The molecule has 1 N–H and O–H groups in total. The summed E-state index contributed by atoms with van der Waals surface area (Å²) >= 11 is 0. The van der Waals surface area contributed by atoms with E-state index < -0.39 is 0 Å². The fourth-order valence-electron chi connectivity index (χ4n) is 3.83. The molecule has 1 atom stereocenters. The third-order valence-corrected chi connectivity index (χ3v) is 5.76. The first-order valence-electron chi connectivity index (χ1n) is 11.0. The van der Waals surface area contributed by atoms with Crippen molar-refractivity contribution in [3.63, 3.8) is 0 Å². The van der Waals surface area contributed by atoms with E-state index in [9.17, 15) is 4.79 Å². The lowest BCUT2D eigenvalue weighted by molar-refractivity contribution is 0.0827. The molecule has 7 nitrogen and oxygen atoms in total. The SMILES string of the molecule is O=C(OCc1ccccc1)N1CCN[C@H](CCOc2ccc3oc(C4CC4)nc3c2)C1. The van der Waals surface area contributed by atoms with Gasteiger partial charge in [-0.1, -0.05) is 30.3 Å². The lowest BCUT2D eigenvalue weighted by Crippen LogP contribution is -2.53. The van der Waals surface area contributed by atoms with E-state index in [0.717, 1.165) is 41.3 Å². The Morgan fingerprint density at radius 1 is 1.19 bits per heavy atom. The van der Waals surface area contributed by atoms with E-state index in [-0.39, 0.29) is 12.1 Å². The van der Waals surface area contributed by atoms with Gasteiger partial charge in [0.05, 0.1) is 6.61 Å². The zero-order valence-electron chi connectivity index (χ0n) is 17.5. The lowest BCUT2D eigenvalue weighted by Gasteiger charge is -2.33. The number of aromatic nitrogens is 1. The second-order valence-corrected chi connectivity index (χ2v) is 8.23. The molecule has 31 heavy (non-hydrogen) atoms. The summed E-state index contributed by atoms with van der Waals surface area (Å²) in [6.07, 6.45) is 2.87. The first kappa shape index (κ1) is 19.9. The zero-order chi connectivity index (χ0) is 21.0. The number of rotatable bonds is 7. The molecule has 7 heteroatoms. The summed E-state index contributed by atoms with van der Waals surface area (Å²) in [5.74, 6) is 2.13. The number of nitrogens with zero attached hydrogens (tertiary/aromatic N) is 2. The minimum atomic E-state index is -0.265. The Morgan fingerprint density at radius 2 is 2.06 bits per heavy atom. The van der Waals surface area contributed by atoms with Crippen molar-refractivity contribution >= 4 is 17.2 Å². The molecule has 1 aromatic heterocycles. The van der Waals surface area contributed by atoms with E-state index in [4.69, 9.17) is 13.9 Å². The van der Waals surface area contributed by atoms with E-state index >= 15 is 0 Å². The average Bonchev–Trinajstić information content (AvgIpc) is 3.57. The van der Waals surface area contributed by atoms with E-state index in [0.29, 0.717) is 32.2 Å². The minimum Gasteiger partial charge on any atom is -0.493 e. The van der Waals surface area contributed by atoms with Crippen LogP contribution in [0.2, 0.25) is 0 Å². The number of nitrogens with one attached hydrogen (secondary N) is 1. The fourth-order valence-corrected chi connectivity index (χ4v) is 3.83. The van der Waals surface area contributed by atoms with Crippen LogP contribution in [0, 0.1) is 0 Å². The van der Waals surface area contributed by atoms with E-state index in [1.807, 2.05) is 48.5 Å². The molecule has 1 aliphatic carbocycles. The van der Waals surface area contributed by atoms with Crippen molar-refractivity contribution in [1.82, 2.24) is 15.2 Å². The number of ether oxygens (including phenoxy) is 2. The Morgan fingerprint density at radius 3 is 2.90 bits per heavy atom. The van der Waals surface area contributed by atoms with Crippen LogP contribution < -0.4 is 10.1 Å². The smallest absolute Gasteiger partial charge is 0.410 e. The molecule has 2 aromatic carbocycles. The molecule has 5 rings (SSSR count). The summed E-state index contributed by atoms with van der Waals surface area (Å²) in [6, 6.07) is 15.7. The lowest BCUT2D eigenvalue weighted by atomic mass is 10.1. The Balaban J connectivity index is 1.09. The molecule has 2 aliphatic rings. The second-order valence-electron chi connectivity index (χ2n) is 8.23. The number of oxazole rings is 1. The van der Waals surface area contributed by atoms with Gasteiger partial charge < -0.3 is 24.1 Å². The molecule has 0 unspecified atom stereocenters. The molecule has 1 saturated carbocycles. The highest BCUT2D eigenvalue weighted by molar-refractivity contribution is 5.74. The van der Waals surface area contributed by atoms with Crippen molar-refractivity contribution in [2.24, 2.45) is 0 Å². The molecule has 2 heterocycles. The van der Waals surface area contributed by atoms with Crippen molar-refractivity contribution in [3.05, 3.63) is 60.0 Å². The predicted molar refractivity (Wildman–Crippen MR) is 116 cm³/mol. The van der Waals surface area contributed by atoms with Crippen LogP contribution in [0.4, 0.5) is 4.79 Å². The van der Waals surface area contributed by atoms with Gasteiger partial charge in [0.2, 0.25) is 0 Å². The van der Waals surface area contributed by atoms with Gasteiger partial charge in [0, 0.05) is 37.7 Å². The molecular formula is C24H27N3O4. The fraction of sp³-hybridized carbons (Fsp3) is 0.417. The van der Waals surface area contributed by atoms with E-state index in [2.05, 4.69) is 10.3 Å². The Hall–Kier alpha value is -3.06. The van der Waals surface area contributed by atoms with Gasteiger partial charge in [0.25, 0.3) is 0 Å². The zero-order valence-corrected chi connectivity index (χ0v) is 17.5. The van der Waals surface area contributed by atoms with Crippen LogP contribution >= 0.6 is 0 Å². The van der Waals surface area contributed by atoms with Crippen molar-refractivity contribution < 1.29 is 18.7 Å². The number of carbonyl (C=O) groups is 1. The third-order valence-electron chi connectivity index (χ3n) is 5.76. The summed E-state index contributed by atoms with van der Waals surface area (Å²) in [6.45, 7) is 2.87. The van der Waals surface area contributed by atoms with E-state index in [1.54, 1.807) is 4.90 Å². The van der Waals surface area contributed by atoms with Crippen LogP contribution in [0.25, 0.3) is 11.1 Å². The first-order valence-corrected chi connectivity index (χ1v) is 11.0. The maximum atomic E-state index is 12.4. The van der Waals surface area contributed by atoms with Crippen molar-refractivity contribution in [2.75, 3.05) is 26.2 Å². The Labute approximate surface area is 181 Å². The molecular weight excluding hydrogens is 394 g/mol. The highest BCUT2D eigenvalue weighted by atomic mass is 16.6. The maximum absolute atomic E-state index is 12.4. The van der Waals surface area contributed by atoms with Gasteiger partial charge in [0.1, 0.15) is 17.9 Å². The van der Waals surface area contributed by atoms with Crippen molar-refractivity contribution in [1.29, 1.82) is 0 Å². The first-order chi connectivity index (χ1) is 15.2. The molecule has 1 amide bonds. The number of carbonyl (C=O) groups excluding carboxylic acids is 1. The summed E-state index contributed by atoms with van der Waals surface area (Å²) in [5, 5.41) is 3.46. The molecule has 162 valence electrons. The number of hydrogen-bond donors (Lipinski definition) is 1. The Kier molecular flexibility index (Phi) is 5.76. The van der Waals surface area contributed by atoms with Gasteiger partial charge in [-0.3, -0.25) is 0 Å². The van der Waals surface area contributed by atoms with Gasteiger partial charge in [-0.2, -0.15) is 0 Å². The molecule has 0 bridgehead atoms. The van der Waals surface area contributed by atoms with Crippen molar-refractivity contribution in [2.45, 2.75) is 37.8 Å². The average molecular weight is 421 g/mol. The Bertz CT molecular complexity index is 1030. The number of amides is 1. The number of hydrogen-bond acceptors (Lipinski definition) is 6. The topological polar surface area (TPSA) is 76.8 Å². The molecule has 1 saturated heterocycles. The summed E-state index contributed by atoms with van der Waals surface area (Å²) in [7, 11) is 0. The molecule has 3 aromatic rings. The normalized spacial score (nSPS) is 18.8.